The molecule has 2 aliphatic heterocycles. The fraction of sp³-hybridized carbons (Fsp3) is 0.857. The zero-order chi connectivity index (χ0) is 19.4. The van der Waals surface area contributed by atoms with Crippen molar-refractivity contribution in [2.24, 2.45) is 11.8 Å². The maximum atomic E-state index is 13.3. The number of rotatable bonds is 1. The molecule has 0 unspecified atom stereocenters. The summed E-state index contributed by atoms with van der Waals surface area (Å²) in [5.74, 6) is -0.242. The predicted octanol–water partition coefficient (Wildman–Crippen LogP) is 2.92. The molecule has 1 saturated carbocycles. The molecule has 0 bridgehead atoms. The second-order valence-corrected chi connectivity index (χ2v) is 8.48. The topological polar surface area (TPSA) is 81.7 Å². The van der Waals surface area contributed by atoms with E-state index in [-0.39, 0.29) is 42.3 Å². The lowest BCUT2D eigenvalue weighted by atomic mass is 9.70. The molecule has 2 heterocycles. The van der Waals surface area contributed by atoms with Crippen LogP contribution in [0.1, 0.15) is 77.6 Å². The summed E-state index contributed by atoms with van der Waals surface area (Å²) in [4.78, 5) is 37.7. The van der Waals surface area contributed by atoms with Gasteiger partial charge < -0.3 is 14.8 Å². The van der Waals surface area contributed by atoms with E-state index < -0.39 is 17.7 Å². The van der Waals surface area contributed by atoms with Crippen LogP contribution in [-0.2, 0) is 23.9 Å². The lowest BCUT2D eigenvalue weighted by Gasteiger charge is -2.49. The molecule has 6 nitrogen and oxygen atoms in total. The first-order chi connectivity index (χ1) is 13.0. The zero-order valence-corrected chi connectivity index (χ0v) is 16.6. The molecule has 27 heavy (non-hydrogen) atoms. The molecule has 2 saturated heterocycles. The number of Topliss-reactive ketones (excluding diaryl/α,β-unsaturated/α-hetero) is 2. The minimum absolute atomic E-state index is 0.0312. The predicted molar refractivity (Wildman–Crippen MR) is 100.0 cm³/mol. The smallest absolute Gasteiger partial charge is 0.225 e. The fourth-order valence-electron chi connectivity index (χ4n) is 5.27. The van der Waals surface area contributed by atoms with E-state index in [1.165, 1.54) is 0 Å². The molecule has 1 aliphatic carbocycles. The molecule has 0 radical (unpaired) electrons. The Hall–Kier alpha value is -1.27. The van der Waals surface area contributed by atoms with Gasteiger partial charge in [0.05, 0.1) is 18.4 Å². The second-order valence-electron chi connectivity index (χ2n) is 8.48. The number of amides is 1. The molecule has 3 rings (SSSR count). The first kappa shape index (κ1) is 20.5. The quantitative estimate of drug-likeness (QED) is 0.757. The molecule has 1 spiro atoms. The standard InChI is InChI=1S/C21H33NO5/c1-14-12-15-8-6-4-3-5-7-9-16(23)10-11-17(24)20(15)21(27-14)18(26-2)13-19(25)22-21/h14-15,18,20H,3-13H2,1-2H3,(H,22,25)/t14-,15-,18+,20-,21+/m0/s1. The lowest BCUT2D eigenvalue weighted by Crippen LogP contribution is -2.65. The van der Waals surface area contributed by atoms with Crippen molar-refractivity contribution in [2.45, 2.75) is 95.5 Å². The van der Waals surface area contributed by atoms with Gasteiger partial charge in [0.15, 0.2) is 5.72 Å². The van der Waals surface area contributed by atoms with Gasteiger partial charge in [-0.3, -0.25) is 14.4 Å². The number of fused-ring (bicyclic) bond motifs is 2. The Morgan fingerprint density at radius 2 is 1.78 bits per heavy atom. The maximum absolute atomic E-state index is 13.3. The molecule has 6 heteroatoms. The van der Waals surface area contributed by atoms with Crippen LogP contribution in [0.3, 0.4) is 0 Å². The van der Waals surface area contributed by atoms with Crippen LogP contribution in [-0.4, -0.2) is 42.5 Å². The number of hydrogen-bond donors (Lipinski definition) is 1. The molecule has 152 valence electrons. The van der Waals surface area contributed by atoms with Crippen molar-refractivity contribution in [2.75, 3.05) is 7.11 Å². The molecule has 0 aromatic carbocycles. The first-order valence-corrected chi connectivity index (χ1v) is 10.5. The Bertz CT molecular complexity index is 577. The summed E-state index contributed by atoms with van der Waals surface area (Å²) in [7, 11) is 1.57. The minimum atomic E-state index is -1.09. The number of carbonyl (C=O) groups is 3. The van der Waals surface area contributed by atoms with Gasteiger partial charge in [0.25, 0.3) is 0 Å². The Balaban J connectivity index is 1.91. The minimum Gasteiger partial charge on any atom is -0.376 e. The Kier molecular flexibility index (Phi) is 6.69. The summed E-state index contributed by atoms with van der Waals surface area (Å²) < 4.78 is 11.9. The SMILES string of the molecule is CO[C@@H]1CC(=O)N[C@@]12O[C@@H](C)C[C@@H]1CCCCCCCC(=O)CCC(=O)[C@H]12. The van der Waals surface area contributed by atoms with E-state index in [1.54, 1.807) is 7.11 Å². The number of ketones is 2. The summed E-state index contributed by atoms with van der Waals surface area (Å²) in [6.45, 7) is 2.00. The highest BCUT2D eigenvalue weighted by Gasteiger charge is 2.60. The maximum Gasteiger partial charge on any atom is 0.225 e. The summed E-state index contributed by atoms with van der Waals surface area (Å²) in [5, 5.41) is 2.97. The highest BCUT2D eigenvalue weighted by atomic mass is 16.6. The van der Waals surface area contributed by atoms with E-state index in [9.17, 15) is 14.4 Å². The summed E-state index contributed by atoms with van der Waals surface area (Å²) in [6, 6.07) is 0. The van der Waals surface area contributed by atoms with E-state index in [0.717, 1.165) is 44.9 Å². The van der Waals surface area contributed by atoms with Crippen LogP contribution in [0.5, 0.6) is 0 Å². The van der Waals surface area contributed by atoms with Crippen LogP contribution >= 0.6 is 0 Å². The van der Waals surface area contributed by atoms with Crippen molar-refractivity contribution in [1.29, 1.82) is 0 Å². The first-order valence-electron chi connectivity index (χ1n) is 10.5. The van der Waals surface area contributed by atoms with Gasteiger partial charge in [-0.1, -0.05) is 25.7 Å². The third-order valence-corrected chi connectivity index (χ3v) is 6.46. The van der Waals surface area contributed by atoms with Gasteiger partial charge in [0.1, 0.15) is 17.7 Å². The van der Waals surface area contributed by atoms with Gasteiger partial charge in [0, 0.05) is 26.4 Å². The number of carbonyl (C=O) groups excluding carboxylic acids is 3. The highest BCUT2D eigenvalue weighted by Crippen LogP contribution is 2.46. The van der Waals surface area contributed by atoms with Crippen molar-refractivity contribution in [1.82, 2.24) is 5.32 Å². The molecule has 3 fully saturated rings. The van der Waals surface area contributed by atoms with Gasteiger partial charge >= 0.3 is 0 Å². The van der Waals surface area contributed by atoms with Gasteiger partial charge in [-0.05, 0) is 32.1 Å². The van der Waals surface area contributed by atoms with Crippen molar-refractivity contribution in [3.63, 3.8) is 0 Å². The number of methoxy groups -OCH3 is 1. The fourth-order valence-corrected chi connectivity index (χ4v) is 5.27. The van der Waals surface area contributed by atoms with Gasteiger partial charge in [-0.15, -0.1) is 0 Å². The van der Waals surface area contributed by atoms with E-state index in [0.29, 0.717) is 12.8 Å². The second kappa shape index (κ2) is 8.82. The molecular weight excluding hydrogens is 346 g/mol. The summed E-state index contributed by atoms with van der Waals surface area (Å²) >= 11 is 0. The van der Waals surface area contributed by atoms with Crippen LogP contribution in [0.4, 0.5) is 0 Å². The van der Waals surface area contributed by atoms with Gasteiger partial charge in [-0.2, -0.15) is 0 Å². The van der Waals surface area contributed by atoms with E-state index in [4.69, 9.17) is 9.47 Å². The number of ether oxygens (including phenoxy) is 2. The Labute approximate surface area is 161 Å². The van der Waals surface area contributed by atoms with Crippen molar-refractivity contribution in [3.8, 4) is 0 Å². The molecule has 0 aromatic heterocycles. The molecule has 1 amide bonds. The lowest BCUT2D eigenvalue weighted by molar-refractivity contribution is -0.227. The summed E-state index contributed by atoms with van der Waals surface area (Å²) in [6.07, 6.45) is 7.84. The summed E-state index contributed by atoms with van der Waals surface area (Å²) in [5.41, 5.74) is -1.09. The highest BCUT2D eigenvalue weighted by molar-refractivity contribution is 5.90. The molecule has 1 N–H and O–H groups in total. The zero-order valence-electron chi connectivity index (χ0n) is 16.6. The Morgan fingerprint density at radius 1 is 1.04 bits per heavy atom. The number of hydrogen-bond acceptors (Lipinski definition) is 5. The average molecular weight is 379 g/mol. The normalized spacial score (nSPS) is 39.3. The molecular formula is C21H33NO5. The Morgan fingerprint density at radius 3 is 2.56 bits per heavy atom. The third-order valence-electron chi connectivity index (χ3n) is 6.46. The van der Waals surface area contributed by atoms with Crippen molar-refractivity contribution < 1.29 is 23.9 Å². The largest absolute Gasteiger partial charge is 0.376 e. The monoisotopic (exact) mass is 379 g/mol. The molecule has 3 aliphatic rings. The van der Waals surface area contributed by atoms with Gasteiger partial charge in [-0.25, -0.2) is 0 Å². The van der Waals surface area contributed by atoms with Crippen LogP contribution in [0, 0.1) is 11.8 Å². The van der Waals surface area contributed by atoms with E-state index >= 15 is 0 Å². The van der Waals surface area contributed by atoms with Crippen LogP contribution in [0.15, 0.2) is 0 Å². The number of nitrogens with one attached hydrogen (secondary N) is 1. The van der Waals surface area contributed by atoms with Gasteiger partial charge in [0.2, 0.25) is 5.91 Å². The van der Waals surface area contributed by atoms with E-state index in [1.807, 2.05) is 6.92 Å². The average Bonchev–Trinajstić information content (AvgIpc) is 2.93. The van der Waals surface area contributed by atoms with Crippen LogP contribution in [0.25, 0.3) is 0 Å². The van der Waals surface area contributed by atoms with E-state index in [2.05, 4.69) is 5.32 Å². The third kappa shape index (κ3) is 4.43. The van der Waals surface area contributed by atoms with Crippen molar-refractivity contribution >= 4 is 17.5 Å². The molecule has 5 atom stereocenters. The van der Waals surface area contributed by atoms with Crippen LogP contribution in [0.2, 0.25) is 0 Å². The molecule has 0 aromatic rings. The van der Waals surface area contributed by atoms with Crippen molar-refractivity contribution in [3.05, 3.63) is 0 Å². The van der Waals surface area contributed by atoms with Crippen LogP contribution < -0.4 is 5.32 Å².